The molecule has 1 amide bonds. The molecule has 0 fully saturated rings. The molecule has 22 heavy (non-hydrogen) atoms. The third-order valence-electron chi connectivity index (χ3n) is 3.07. The van der Waals surface area contributed by atoms with Crippen LogP contribution in [0.3, 0.4) is 0 Å². The largest absolute Gasteiger partial charge is 0.417 e. The molecule has 0 aliphatic rings. The van der Waals surface area contributed by atoms with Gasteiger partial charge in [-0.05, 0) is 30.3 Å². The molecule has 1 aromatic heterocycles. The predicted molar refractivity (Wildman–Crippen MR) is 86.8 cm³/mol. The van der Waals surface area contributed by atoms with Gasteiger partial charge in [0.05, 0.1) is 27.4 Å². The first-order valence-electron chi connectivity index (χ1n) is 6.38. The number of aryl methyl sites for hydroxylation is 1. The SMILES string of the molecule is Cn1cnc2cc(OC(=O)Nc3ccc(Cl)c(Cl)c3)ccc21. The summed E-state index contributed by atoms with van der Waals surface area (Å²) >= 11 is 11.7. The fraction of sp³-hybridized carbons (Fsp3) is 0.0667. The van der Waals surface area contributed by atoms with Gasteiger partial charge >= 0.3 is 6.09 Å². The second kappa shape index (κ2) is 5.87. The van der Waals surface area contributed by atoms with Crippen molar-refractivity contribution >= 4 is 46.0 Å². The van der Waals surface area contributed by atoms with Crippen molar-refractivity contribution in [1.29, 1.82) is 0 Å². The summed E-state index contributed by atoms with van der Waals surface area (Å²) in [7, 11) is 1.90. The molecule has 5 nitrogen and oxygen atoms in total. The fourth-order valence-corrected chi connectivity index (χ4v) is 2.30. The summed E-state index contributed by atoms with van der Waals surface area (Å²) < 4.78 is 7.11. The van der Waals surface area contributed by atoms with Crippen LogP contribution in [-0.2, 0) is 7.05 Å². The van der Waals surface area contributed by atoms with Crippen LogP contribution in [-0.4, -0.2) is 15.6 Å². The number of nitrogens with zero attached hydrogens (tertiary/aromatic N) is 2. The number of rotatable bonds is 2. The predicted octanol–water partition coefficient (Wildman–Crippen LogP) is 4.49. The van der Waals surface area contributed by atoms with Crippen LogP contribution in [0.15, 0.2) is 42.7 Å². The zero-order valence-electron chi connectivity index (χ0n) is 11.5. The average molecular weight is 336 g/mol. The molecule has 7 heteroatoms. The van der Waals surface area contributed by atoms with E-state index in [0.717, 1.165) is 11.0 Å². The van der Waals surface area contributed by atoms with E-state index in [4.69, 9.17) is 27.9 Å². The standard InChI is InChI=1S/C15H11Cl2N3O2/c1-20-8-18-13-7-10(3-5-14(13)20)22-15(21)19-9-2-4-11(16)12(17)6-9/h2-8H,1H3,(H,19,21). The number of halogens is 2. The summed E-state index contributed by atoms with van der Waals surface area (Å²) in [5, 5.41) is 3.36. The molecule has 3 rings (SSSR count). The molecule has 1 heterocycles. The topological polar surface area (TPSA) is 56.2 Å². The van der Waals surface area contributed by atoms with Crippen LogP contribution in [0, 0.1) is 0 Å². The Morgan fingerprint density at radius 2 is 2.00 bits per heavy atom. The number of hydrogen-bond acceptors (Lipinski definition) is 3. The second-order valence-electron chi connectivity index (χ2n) is 4.65. The summed E-state index contributed by atoms with van der Waals surface area (Å²) in [5.74, 6) is 0.406. The molecule has 0 atom stereocenters. The van der Waals surface area contributed by atoms with Crippen molar-refractivity contribution in [3.05, 3.63) is 52.8 Å². The Hall–Kier alpha value is -2.24. The van der Waals surface area contributed by atoms with Gasteiger partial charge in [-0.2, -0.15) is 0 Å². The van der Waals surface area contributed by atoms with Gasteiger partial charge in [-0.3, -0.25) is 5.32 Å². The molecular weight excluding hydrogens is 325 g/mol. The lowest BCUT2D eigenvalue weighted by Crippen LogP contribution is -2.16. The van der Waals surface area contributed by atoms with E-state index < -0.39 is 6.09 Å². The quantitative estimate of drug-likeness (QED) is 0.750. The summed E-state index contributed by atoms with van der Waals surface area (Å²) in [6, 6.07) is 10.0. The van der Waals surface area contributed by atoms with Gasteiger partial charge < -0.3 is 9.30 Å². The molecule has 0 bridgehead atoms. The number of imidazole rings is 1. The second-order valence-corrected chi connectivity index (χ2v) is 5.46. The number of hydrogen-bond donors (Lipinski definition) is 1. The summed E-state index contributed by atoms with van der Waals surface area (Å²) in [4.78, 5) is 16.1. The number of amides is 1. The molecule has 112 valence electrons. The highest BCUT2D eigenvalue weighted by molar-refractivity contribution is 6.42. The maximum absolute atomic E-state index is 11.9. The monoisotopic (exact) mass is 335 g/mol. The minimum absolute atomic E-state index is 0.356. The highest BCUT2D eigenvalue weighted by atomic mass is 35.5. The lowest BCUT2D eigenvalue weighted by Gasteiger charge is -2.07. The lowest BCUT2D eigenvalue weighted by atomic mass is 10.3. The van der Waals surface area contributed by atoms with Gasteiger partial charge in [-0.1, -0.05) is 23.2 Å². The van der Waals surface area contributed by atoms with E-state index >= 15 is 0 Å². The average Bonchev–Trinajstić information content (AvgIpc) is 2.84. The first-order chi connectivity index (χ1) is 10.5. The molecule has 0 aliphatic carbocycles. The molecule has 3 aromatic rings. The fourth-order valence-electron chi connectivity index (χ4n) is 2.00. The summed E-state index contributed by atoms with van der Waals surface area (Å²) in [6.45, 7) is 0. The zero-order chi connectivity index (χ0) is 15.7. The molecule has 0 aliphatic heterocycles. The zero-order valence-corrected chi connectivity index (χ0v) is 13.0. The number of carbonyl (C=O) groups excluding carboxylic acids is 1. The number of nitrogens with one attached hydrogen (secondary N) is 1. The van der Waals surface area contributed by atoms with Gasteiger partial charge in [0.25, 0.3) is 0 Å². The van der Waals surface area contributed by atoms with E-state index in [-0.39, 0.29) is 0 Å². The number of benzene rings is 2. The van der Waals surface area contributed by atoms with Gasteiger partial charge in [0.15, 0.2) is 0 Å². The lowest BCUT2D eigenvalue weighted by molar-refractivity contribution is 0.215. The molecule has 1 N–H and O–H groups in total. The van der Waals surface area contributed by atoms with Crippen LogP contribution < -0.4 is 10.1 Å². The number of fused-ring (bicyclic) bond motifs is 1. The Kier molecular flexibility index (Phi) is 3.92. The van der Waals surface area contributed by atoms with Crippen molar-refractivity contribution in [2.75, 3.05) is 5.32 Å². The highest BCUT2D eigenvalue weighted by Crippen LogP contribution is 2.25. The van der Waals surface area contributed by atoms with Crippen LogP contribution >= 0.6 is 23.2 Å². The molecule has 0 unspecified atom stereocenters. The van der Waals surface area contributed by atoms with Gasteiger partial charge in [0, 0.05) is 18.8 Å². The van der Waals surface area contributed by atoms with Crippen LogP contribution in [0.25, 0.3) is 11.0 Å². The van der Waals surface area contributed by atoms with Crippen molar-refractivity contribution in [3.63, 3.8) is 0 Å². The Bertz CT molecular complexity index is 861. The summed E-state index contributed by atoms with van der Waals surface area (Å²) in [6.07, 6.45) is 1.08. The van der Waals surface area contributed by atoms with Crippen LogP contribution in [0.4, 0.5) is 10.5 Å². The third kappa shape index (κ3) is 3.00. The van der Waals surface area contributed by atoms with E-state index in [9.17, 15) is 4.79 Å². The first-order valence-corrected chi connectivity index (χ1v) is 7.13. The van der Waals surface area contributed by atoms with E-state index in [0.29, 0.717) is 21.5 Å². The van der Waals surface area contributed by atoms with Gasteiger partial charge in [-0.15, -0.1) is 0 Å². The first kappa shape index (κ1) is 14.7. The van der Waals surface area contributed by atoms with Gasteiger partial charge in [0.2, 0.25) is 0 Å². The molecule has 0 saturated carbocycles. The number of anilines is 1. The molecular formula is C15H11Cl2N3O2. The number of carbonyl (C=O) groups is 1. The van der Waals surface area contributed by atoms with E-state index in [1.807, 2.05) is 17.7 Å². The van der Waals surface area contributed by atoms with Gasteiger partial charge in [0.1, 0.15) is 5.75 Å². The molecule has 0 saturated heterocycles. The van der Waals surface area contributed by atoms with Crippen molar-refractivity contribution in [2.45, 2.75) is 0 Å². The smallest absolute Gasteiger partial charge is 0.410 e. The molecule has 2 aromatic carbocycles. The number of aromatic nitrogens is 2. The minimum Gasteiger partial charge on any atom is -0.410 e. The van der Waals surface area contributed by atoms with Crippen LogP contribution in [0.5, 0.6) is 5.75 Å². The Balaban J connectivity index is 1.73. The molecule has 0 radical (unpaired) electrons. The normalized spacial score (nSPS) is 10.7. The highest BCUT2D eigenvalue weighted by Gasteiger charge is 2.08. The Morgan fingerprint density at radius 1 is 1.18 bits per heavy atom. The Morgan fingerprint density at radius 3 is 2.77 bits per heavy atom. The van der Waals surface area contributed by atoms with Gasteiger partial charge in [-0.25, -0.2) is 9.78 Å². The van der Waals surface area contributed by atoms with E-state index in [2.05, 4.69) is 10.3 Å². The maximum Gasteiger partial charge on any atom is 0.417 e. The summed E-state index contributed by atoms with van der Waals surface area (Å²) in [5.41, 5.74) is 2.21. The van der Waals surface area contributed by atoms with E-state index in [1.54, 1.807) is 36.7 Å². The van der Waals surface area contributed by atoms with Crippen molar-refractivity contribution in [1.82, 2.24) is 9.55 Å². The maximum atomic E-state index is 11.9. The Labute approximate surface area is 136 Å². The third-order valence-corrected chi connectivity index (χ3v) is 3.81. The van der Waals surface area contributed by atoms with Crippen molar-refractivity contribution < 1.29 is 9.53 Å². The van der Waals surface area contributed by atoms with Crippen LogP contribution in [0.1, 0.15) is 0 Å². The van der Waals surface area contributed by atoms with E-state index in [1.165, 1.54) is 0 Å². The van der Waals surface area contributed by atoms with Crippen LogP contribution in [0.2, 0.25) is 10.0 Å². The van der Waals surface area contributed by atoms with Crippen molar-refractivity contribution in [3.8, 4) is 5.75 Å². The van der Waals surface area contributed by atoms with Crippen molar-refractivity contribution in [2.24, 2.45) is 7.05 Å². The molecule has 0 spiro atoms. The number of ether oxygens (including phenoxy) is 1. The minimum atomic E-state index is -0.617.